The van der Waals surface area contributed by atoms with Crippen molar-refractivity contribution in [2.75, 3.05) is 0 Å². The molecule has 11 aromatic rings. The first kappa shape index (κ1) is 27.1. The lowest BCUT2D eigenvalue weighted by molar-refractivity contribution is 0.669. The Morgan fingerprint density at radius 1 is 0.340 bits per heavy atom. The number of fused-ring (bicyclic) bond motifs is 11. The average Bonchev–Trinajstić information content (AvgIpc) is 3.75. The smallest absolute Gasteiger partial charge is 0.167 e. The fraction of sp³-hybridized carbons (Fsp3) is 0. The van der Waals surface area contributed by atoms with E-state index in [0.717, 1.165) is 92.9 Å². The highest BCUT2D eigenvalue weighted by molar-refractivity contribution is 6.27. The van der Waals surface area contributed by atoms with Crippen molar-refractivity contribution in [1.29, 1.82) is 0 Å². The molecular formula is C45H25N3O2. The molecule has 0 radical (unpaired) electrons. The summed E-state index contributed by atoms with van der Waals surface area (Å²) in [6, 6.07) is 52.1. The van der Waals surface area contributed by atoms with Gasteiger partial charge in [0.2, 0.25) is 0 Å². The second-order valence-electron chi connectivity index (χ2n) is 12.8. The molecule has 0 amide bonds. The van der Waals surface area contributed by atoms with Gasteiger partial charge in [-0.05, 0) is 57.3 Å². The van der Waals surface area contributed by atoms with Crippen LogP contribution in [0.2, 0.25) is 0 Å². The fourth-order valence-corrected chi connectivity index (χ4v) is 7.55. The van der Waals surface area contributed by atoms with Gasteiger partial charge in [-0.25, -0.2) is 15.0 Å². The molecule has 0 aliphatic carbocycles. The summed E-state index contributed by atoms with van der Waals surface area (Å²) < 4.78 is 13.3. The number of hydrogen-bond donors (Lipinski definition) is 0. The highest BCUT2D eigenvalue weighted by atomic mass is 16.3. The average molecular weight is 640 g/mol. The third-order valence-electron chi connectivity index (χ3n) is 9.87. The monoisotopic (exact) mass is 639 g/mol. The fourth-order valence-electron chi connectivity index (χ4n) is 7.55. The minimum atomic E-state index is 0.545. The molecule has 5 nitrogen and oxygen atoms in total. The van der Waals surface area contributed by atoms with Gasteiger partial charge in [0.15, 0.2) is 17.5 Å². The lowest BCUT2D eigenvalue weighted by atomic mass is 9.95. The number of para-hydroxylation sites is 2. The third kappa shape index (κ3) is 3.98. The van der Waals surface area contributed by atoms with Crippen LogP contribution in [0.1, 0.15) is 0 Å². The Bertz CT molecular complexity index is 3160. The highest BCUT2D eigenvalue weighted by Crippen LogP contribution is 2.44. The maximum atomic E-state index is 6.88. The lowest BCUT2D eigenvalue weighted by Crippen LogP contribution is -2.01. The van der Waals surface area contributed by atoms with Crippen molar-refractivity contribution in [3.05, 3.63) is 152 Å². The van der Waals surface area contributed by atoms with Crippen LogP contribution in [-0.4, -0.2) is 15.0 Å². The molecule has 11 rings (SSSR count). The van der Waals surface area contributed by atoms with Gasteiger partial charge in [-0.15, -0.1) is 0 Å². The molecule has 0 unspecified atom stereocenters. The van der Waals surface area contributed by atoms with Gasteiger partial charge in [0, 0.05) is 38.1 Å². The summed E-state index contributed by atoms with van der Waals surface area (Å²) >= 11 is 0. The van der Waals surface area contributed by atoms with E-state index in [0.29, 0.717) is 17.5 Å². The minimum absolute atomic E-state index is 0.545. The van der Waals surface area contributed by atoms with Crippen molar-refractivity contribution in [3.8, 4) is 34.2 Å². The summed E-state index contributed by atoms with van der Waals surface area (Å²) in [5, 5.41) is 10.8. The van der Waals surface area contributed by atoms with Crippen molar-refractivity contribution < 1.29 is 8.83 Å². The van der Waals surface area contributed by atoms with Crippen molar-refractivity contribution in [3.63, 3.8) is 0 Å². The Kier molecular flexibility index (Phi) is 5.60. The van der Waals surface area contributed by atoms with Crippen LogP contribution in [0.15, 0.2) is 160 Å². The van der Waals surface area contributed by atoms with Crippen LogP contribution in [0.4, 0.5) is 0 Å². The predicted octanol–water partition coefficient (Wildman–Crippen LogP) is 12.1. The topological polar surface area (TPSA) is 65.0 Å². The van der Waals surface area contributed by atoms with E-state index < -0.39 is 0 Å². The molecule has 0 aliphatic rings. The molecule has 0 fully saturated rings. The Balaban J connectivity index is 1.28. The molecule has 0 spiro atoms. The second kappa shape index (κ2) is 10.3. The van der Waals surface area contributed by atoms with Crippen molar-refractivity contribution in [2.45, 2.75) is 0 Å². The number of furan rings is 2. The SMILES string of the molecule is c1ccc(-c2nc(-c3cccc4c3oc3ccccc34)nc(-c3cc4ccc5ccccc5c4c4oc5cc6ccccc6cc5c34)n2)cc1. The highest BCUT2D eigenvalue weighted by Gasteiger charge is 2.23. The Hall–Kier alpha value is -6.85. The molecule has 0 N–H and O–H groups in total. The van der Waals surface area contributed by atoms with Crippen LogP contribution in [0, 0.1) is 0 Å². The van der Waals surface area contributed by atoms with Crippen LogP contribution < -0.4 is 0 Å². The lowest BCUT2D eigenvalue weighted by Gasteiger charge is -2.12. The van der Waals surface area contributed by atoms with Crippen LogP contribution in [0.25, 0.3) is 110 Å². The number of aromatic nitrogens is 3. The second-order valence-corrected chi connectivity index (χ2v) is 12.8. The summed E-state index contributed by atoms with van der Waals surface area (Å²) in [4.78, 5) is 15.5. The number of hydrogen-bond acceptors (Lipinski definition) is 5. The standard InChI is InChI=1S/C45H25N3O2/c1-2-12-27(13-3-1)43-46-44(34-19-10-18-33-32-17-8-9-20-37(32)49-41(33)34)48-45(47-43)36-24-30-22-21-26-11-6-7-16-31(26)39(30)42-40(36)35-23-28-14-4-5-15-29(28)25-38(35)50-42/h1-25H. The van der Waals surface area contributed by atoms with E-state index >= 15 is 0 Å². The van der Waals surface area contributed by atoms with Gasteiger partial charge in [-0.2, -0.15) is 0 Å². The van der Waals surface area contributed by atoms with Gasteiger partial charge in [-0.3, -0.25) is 0 Å². The van der Waals surface area contributed by atoms with Crippen LogP contribution >= 0.6 is 0 Å². The van der Waals surface area contributed by atoms with E-state index in [9.17, 15) is 0 Å². The van der Waals surface area contributed by atoms with E-state index in [1.54, 1.807) is 0 Å². The predicted molar refractivity (Wildman–Crippen MR) is 203 cm³/mol. The summed E-state index contributed by atoms with van der Waals surface area (Å²) in [6.45, 7) is 0. The van der Waals surface area contributed by atoms with Gasteiger partial charge in [0.1, 0.15) is 22.3 Å². The number of benzene rings is 8. The first-order valence-corrected chi connectivity index (χ1v) is 16.7. The van der Waals surface area contributed by atoms with Crippen LogP contribution in [0.5, 0.6) is 0 Å². The van der Waals surface area contributed by atoms with Gasteiger partial charge in [0.05, 0.1) is 5.56 Å². The normalized spacial score (nSPS) is 12.0. The first-order chi connectivity index (χ1) is 24.8. The molecule has 0 saturated heterocycles. The van der Waals surface area contributed by atoms with Gasteiger partial charge < -0.3 is 8.83 Å². The van der Waals surface area contributed by atoms with Gasteiger partial charge in [0.25, 0.3) is 0 Å². The Morgan fingerprint density at radius 3 is 1.84 bits per heavy atom. The van der Waals surface area contributed by atoms with Gasteiger partial charge >= 0.3 is 0 Å². The Labute approximate surface area is 285 Å². The van der Waals surface area contributed by atoms with E-state index in [2.05, 4.69) is 91.0 Å². The van der Waals surface area contributed by atoms with E-state index in [1.807, 2.05) is 60.7 Å². The first-order valence-electron chi connectivity index (χ1n) is 16.7. The molecule has 0 aliphatic heterocycles. The zero-order valence-electron chi connectivity index (χ0n) is 26.6. The quantitative estimate of drug-likeness (QED) is 0.180. The minimum Gasteiger partial charge on any atom is -0.455 e. The summed E-state index contributed by atoms with van der Waals surface area (Å²) in [5.74, 6) is 1.70. The summed E-state index contributed by atoms with van der Waals surface area (Å²) in [5.41, 5.74) is 5.82. The molecule has 8 aromatic carbocycles. The van der Waals surface area contributed by atoms with E-state index in [4.69, 9.17) is 23.8 Å². The van der Waals surface area contributed by atoms with Crippen LogP contribution in [0.3, 0.4) is 0 Å². The van der Waals surface area contributed by atoms with E-state index in [-0.39, 0.29) is 0 Å². The molecule has 3 aromatic heterocycles. The molecular weight excluding hydrogens is 615 g/mol. The maximum Gasteiger partial charge on any atom is 0.167 e. The maximum absolute atomic E-state index is 6.88. The third-order valence-corrected chi connectivity index (χ3v) is 9.87. The molecule has 3 heterocycles. The summed E-state index contributed by atoms with van der Waals surface area (Å²) in [7, 11) is 0. The number of rotatable bonds is 3. The van der Waals surface area contributed by atoms with Crippen LogP contribution in [-0.2, 0) is 0 Å². The van der Waals surface area contributed by atoms with Crippen molar-refractivity contribution in [1.82, 2.24) is 15.0 Å². The molecule has 0 bridgehead atoms. The zero-order valence-corrected chi connectivity index (χ0v) is 26.6. The molecule has 0 atom stereocenters. The summed E-state index contributed by atoms with van der Waals surface area (Å²) in [6.07, 6.45) is 0. The molecule has 232 valence electrons. The molecule has 5 heteroatoms. The zero-order chi connectivity index (χ0) is 32.8. The molecule has 0 saturated carbocycles. The van der Waals surface area contributed by atoms with E-state index in [1.165, 1.54) is 0 Å². The largest absolute Gasteiger partial charge is 0.455 e. The van der Waals surface area contributed by atoms with Gasteiger partial charge in [-0.1, -0.05) is 121 Å². The number of nitrogens with zero attached hydrogens (tertiary/aromatic N) is 3. The van der Waals surface area contributed by atoms with Crippen molar-refractivity contribution >= 4 is 76.2 Å². The molecule has 50 heavy (non-hydrogen) atoms. The Morgan fingerprint density at radius 2 is 0.980 bits per heavy atom. The van der Waals surface area contributed by atoms with Crippen molar-refractivity contribution in [2.24, 2.45) is 0 Å².